The number of carbonyl (C=O) groups excluding carboxylic acids is 1. The highest BCUT2D eigenvalue weighted by molar-refractivity contribution is 6.33. The molecule has 0 aromatic rings. The summed E-state index contributed by atoms with van der Waals surface area (Å²) >= 11 is 5.92. The third kappa shape index (κ3) is 1.08. The molecule has 2 heterocycles. The van der Waals surface area contributed by atoms with Crippen molar-refractivity contribution in [2.24, 2.45) is 0 Å². The van der Waals surface area contributed by atoms with Crippen molar-refractivity contribution >= 4 is 17.4 Å². The largest absolute Gasteiger partial charge is 0.359 e. The summed E-state index contributed by atoms with van der Waals surface area (Å²) in [6.07, 6.45) is 2.66. The Hall–Kier alpha value is -0.420. The average molecular weight is 219 g/mol. The maximum absolute atomic E-state index is 11.9. The van der Waals surface area contributed by atoms with Gasteiger partial charge in [-0.2, -0.15) is 0 Å². The Morgan fingerprint density at radius 1 is 1.43 bits per heavy atom. The van der Waals surface area contributed by atoms with Gasteiger partial charge < -0.3 is 14.2 Å². The number of carbonyl (C=O) groups is 1. The lowest BCUT2D eigenvalue weighted by atomic mass is 9.99. The highest BCUT2D eigenvalue weighted by Crippen LogP contribution is 2.37. The molecule has 2 aliphatic heterocycles. The molecule has 2 rings (SSSR count). The van der Waals surface area contributed by atoms with Crippen LogP contribution in [0.5, 0.6) is 0 Å². The van der Waals surface area contributed by atoms with Crippen molar-refractivity contribution in [2.75, 3.05) is 14.2 Å². The van der Waals surface area contributed by atoms with Crippen LogP contribution in [0.4, 0.5) is 0 Å². The fraction of sp³-hybridized carbons (Fsp3) is 0.667. The Balaban J connectivity index is 2.39. The predicted octanol–water partition coefficient (Wildman–Crippen LogP) is 0.489. The van der Waals surface area contributed by atoms with E-state index in [4.69, 9.17) is 25.8 Å². The van der Waals surface area contributed by atoms with Gasteiger partial charge in [-0.1, -0.05) is 12.2 Å². The molecule has 0 amide bonds. The zero-order valence-corrected chi connectivity index (χ0v) is 8.65. The van der Waals surface area contributed by atoms with Gasteiger partial charge in [0.05, 0.1) is 0 Å². The normalized spacial score (nSPS) is 39.1. The van der Waals surface area contributed by atoms with Gasteiger partial charge in [0.25, 0.3) is 5.79 Å². The lowest BCUT2D eigenvalue weighted by Crippen LogP contribution is -2.60. The summed E-state index contributed by atoms with van der Waals surface area (Å²) in [4.78, 5) is 11.9. The number of ether oxygens (including phenoxy) is 3. The Bertz CT molecular complexity index is 285. The van der Waals surface area contributed by atoms with E-state index in [9.17, 15) is 4.79 Å². The molecule has 14 heavy (non-hydrogen) atoms. The minimum Gasteiger partial charge on any atom is -0.359 e. The average Bonchev–Trinajstić information content (AvgIpc) is 2.65. The second kappa shape index (κ2) is 3.31. The molecule has 3 atom stereocenters. The van der Waals surface area contributed by atoms with Crippen LogP contribution in [0.2, 0.25) is 0 Å². The molecular weight excluding hydrogens is 208 g/mol. The molecule has 1 fully saturated rings. The minimum atomic E-state index is -1.38. The van der Waals surface area contributed by atoms with Gasteiger partial charge >= 0.3 is 0 Å². The second-order valence-electron chi connectivity index (χ2n) is 3.25. The van der Waals surface area contributed by atoms with Crippen LogP contribution in [0.15, 0.2) is 12.2 Å². The number of Topliss-reactive ketones (excluding diaryl/α,β-unsaturated/α-hetero) is 1. The van der Waals surface area contributed by atoms with Crippen LogP contribution in [-0.4, -0.2) is 43.4 Å². The van der Waals surface area contributed by atoms with E-state index in [0.29, 0.717) is 0 Å². The Labute approximate surface area is 86.8 Å². The fourth-order valence-corrected chi connectivity index (χ4v) is 2.15. The molecule has 0 unspecified atom stereocenters. The first-order chi connectivity index (χ1) is 6.65. The van der Waals surface area contributed by atoms with Gasteiger partial charge in [0.2, 0.25) is 5.78 Å². The lowest BCUT2D eigenvalue weighted by molar-refractivity contribution is -0.257. The second-order valence-corrected chi connectivity index (χ2v) is 3.72. The number of rotatable bonds is 2. The molecule has 0 aliphatic carbocycles. The molecule has 5 heteroatoms. The molecule has 4 nitrogen and oxygen atoms in total. The van der Waals surface area contributed by atoms with Gasteiger partial charge in [0.15, 0.2) is 0 Å². The molecule has 0 N–H and O–H groups in total. The van der Waals surface area contributed by atoms with Gasteiger partial charge in [-0.3, -0.25) is 4.79 Å². The molecule has 0 radical (unpaired) electrons. The first-order valence-corrected chi connectivity index (χ1v) is 4.72. The number of methoxy groups -OCH3 is 2. The molecule has 0 spiro atoms. The molecule has 1 saturated heterocycles. The summed E-state index contributed by atoms with van der Waals surface area (Å²) in [6.45, 7) is 0. The van der Waals surface area contributed by atoms with Gasteiger partial charge in [-0.25, -0.2) is 0 Å². The van der Waals surface area contributed by atoms with Gasteiger partial charge in [0.1, 0.15) is 17.6 Å². The van der Waals surface area contributed by atoms with E-state index in [0.717, 1.165) is 0 Å². The van der Waals surface area contributed by atoms with Crippen molar-refractivity contribution in [3.05, 3.63) is 12.2 Å². The topological polar surface area (TPSA) is 44.8 Å². The van der Waals surface area contributed by atoms with Crippen molar-refractivity contribution < 1.29 is 19.0 Å². The van der Waals surface area contributed by atoms with E-state index in [1.807, 2.05) is 0 Å². The number of hydrogen-bond donors (Lipinski definition) is 0. The zero-order chi connectivity index (χ0) is 10.3. The van der Waals surface area contributed by atoms with Crippen molar-refractivity contribution in [2.45, 2.75) is 23.4 Å². The maximum Gasteiger partial charge on any atom is 0.261 e. The molecule has 78 valence electrons. The molecule has 2 aliphatic rings. The van der Waals surface area contributed by atoms with Crippen LogP contribution in [0.3, 0.4) is 0 Å². The molecule has 0 saturated carbocycles. The highest BCUT2D eigenvalue weighted by atomic mass is 35.5. The summed E-state index contributed by atoms with van der Waals surface area (Å²) in [6, 6.07) is 0. The van der Waals surface area contributed by atoms with Gasteiger partial charge in [-0.15, -0.1) is 11.6 Å². The van der Waals surface area contributed by atoms with E-state index < -0.39 is 17.3 Å². The summed E-state index contributed by atoms with van der Waals surface area (Å²) in [7, 11) is 2.81. The summed E-state index contributed by atoms with van der Waals surface area (Å²) in [5.74, 6) is -1.66. The van der Waals surface area contributed by atoms with Crippen molar-refractivity contribution in [1.29, 1.82) is 0 Å². The van der Waals surface area contributed by atoms with Crippen molar-refractivity contribution in [3.8, 4) is 0 Å². The van der Waals surface area contributed by atoms with Crippen LogP contribution < -0.4 is 0 Å². The minimum absolute atomic E-state index is 0.282. The number of ketones is 1. The molecule has 0 aromatic carbocycles. The Kier molecular flexibility index (Phi) is 2.39. The number of halogens is 1. The summed E-state index contributed by atoms with van der Waals surface area (Å²) < 4.78 is 15.7. The fourth-order valence-electron chi connectivity index (χ4n) is 1.85. The maximum atomic E-state index is 11.9. The van der Waals surface area contributed by atoms with E-state index in [1.165, 1.54) is 14.2 Å². The van der Waals surface area contributed by atoms with Crippen LogP contribution in [0.25, 0.3) is 0 Å². The lowest BCUT2D eigenvalue weighted by Gasteiger charge is -2.39. The van der Waals surface area contributed by atoms with E-state index in [-0.39, 0.29) is 11.9 Å². The van der Waals surface area contributed by atoms with Crippen LogP contribution in [-0.2, 0) is 19.0 Å². The van der Waals surface area contributed by atoms with E-state index in [1.54, 1.807) is 12.2 Å². The summed E-state index contributed by atoms with van der Waals surface area (Å²) in [5, 5.41) is -0.745. The van der Waals surface area contributed by atoms with Gasteiger partial charge in [-0.05, 0) is 0 Å². The smallest absolute Gasteiger partial charge is 0.261 e. The predicted molar refractivity (Wildman–Crippen MR) is 49.2 cm³/mol. The Morgan fingerprint density at radius 3 is 2.64 bits per heavy atom. The number of hydrogen-bond acceptors (Lipinski definition) is 4. The Morgan fingerprint density at radius 2 is 2.07 bits per heavy atom. The van der Waals surface area contributed by atoms with Crippen LogP contribution in [0.1, 0.15) is 0 Å². The SMILES string of the molecule is COC1(OC)C(=O)[C@@H](Cl)[C@@H]2C=C[C@H]1O2. The quantitative estimate of drug-likeness (QED) is 0.385. The van der Waals surface area contributed by atoms with E-state index >= 15 is 0 Å². The number of fused-ring (bicyclic) bond motifs is 2. The van der Waals surface area contributed by atoms with Crippen molar-refractivity contribution in [3.63, 3.8) is 0 Å². The zero-order valence-electron chi connectivity index (χ0n) is 7.90. The first-order valence-electron chi connectivity index (χ1n) is 4.28. The monoisotopic (exact) mass is 218 g/mol. The van der Waals surface area contributed by atoms with E-state index in [2.05, 4.69) is 0 Å². The van der Waals surface area contributed by atoms with Crippen LogP contribution in [0, 0.1) is 0 Å². The highest BCUT2D eigenvalue weighted by Gasteiger charge is 2.57. The van der Waals surface area contributed by atoms with Gasteiger partial charge in [0, 0.05) is 14.2 Å². The van der Waals surface area contributed by atoms with Crippen LogP contribution >= 0.6 is 11.6 Å². The molecular formula is C9H11ClO4. The standard InChI is InChI=1S/C9H11ClO4/c1-12-9(13-2)6-4-3-5(14-6)7(10)8(9)11/h3-7H,1-2H3/t5-,6+,7-/m0/s1. The first kappa shape index (κ1) is 10.1. The number of alkyl halides is 1. The third-order valence-electron chi connectivity index (χ3n) is 2.64. The summed E-state index contributed by atoms with van der Waals surface area (Å²) in [5.41, 5.74) is 0. The molecule has 2 bridgehead atoms. The molecule has 0 aromatic heterocycles. The van der Waals surface area contributed by atoms with Crippen molar-refractivity contribution in [1.82, 2.24) is 0 Å². The third-order valence-corrected chi connectivity index (χ3v) is 3.09.